The molecule has 232 valence electrons. The number of hydroxylamine groups is 2. The maximum Gasteiger partial charge on any atom is 0.416 e. The van der Waals surface area contributed by atoms with Gasteiger partial charge < -0.3 is 24.8 Å². The van der Waals surface area contributed by atoms with Crippen LogP contribution in [0.25, 0.3) is 0 Å². The van der Waals surface area contributed by atoms with Gasteiger partial charge in [-0.3, -0.25) is 4.79 Å². The predicted molar refractivity (Wildman–Crippen MR) is 148 cm³/mol. The number of amides is 1. The lowest BCUT2D eigenvalue weighted by Crippen LogP contribution is -2.51. The van der Waals surface area contributed by atoms with E-state index in [2.05, 4.69) is 15.5 Å². The van der Waals surface area contributed by atoms with E-state index in [0.29, 0.717) is 74.1 Å². The molecule has 1 aromatic heterocycles. The van der Waals surface area contributed by atoms with Gasteiger partial charge in [-0.25, -0.2) is 4.98 Å². The lowest BCUT2D eigenvalue weighted by atomic mass is 9.87. The Morgan fingerprint density at radius 2 is 1.63 bits per heavy atom. The number of alkyl halides is 6. The van der Waals surface area contributed by atoms with Crippen LogP contribution in [0.4, 0.5) is 37.8 Å². The van der Waals surface area contributed by atoms with Gasteiger partial charge in [0.1, 0.15) is 17.1 Å². The molecule has 43 heavy (non-hydrogen) atoms. The van der Waals surface area contributed by atoms with Crippen molar-refractivity contribution in [3.63, 3.8) is 0 Å². The average Bonchev–Trinajstić information content (AvgIpc) is 3.37. The first-order valence-electron chi connectivity index (χ1n) is 13.2. The SMILES string of the molecule is O=C(C1=NOC2(CCN(OC(=S)Nc3cc(C(F)(F)F)cc(C(F)(F)F)c3)CC2)C1)N1CCN(c2ncccc2Cl)CC1. The van der Waals surface area contributed by atoms with Gasteiger partial charge in [-0.15, -0.1) is 5.06 Å². The lowest BCUT2D eigenvalue weighted by Gasteiger charge is -2.37. The van der Waals surface area contributed by atoms with Crippen LogP contribution in [0.1, 0.15) is 30.4 Å². The summed E-state index contributed by atoms with van der Waals surface area (Å²) in [5, 5.41) is 7.91. The zero-order chi connectivity index (χ0) is 31.0. The molecular formula is C26H25ClF6N6O3S. The largest absolute Gasteiger partial charge is 0.416 e. The first-order chi connectivity index (χ1) is 20.2. The Bertz CT molecular complexity index is 1380. The molecule has 0 aliphatic carbocycles. The van der Waals surface area contributed by atoms with Gasteiger partial charge in [0.2, 0.25) is 0 Å². The number of thiocarbonyl (C=S) groups is 1. The van der Waals surface area contributed by atoms with Crippen molar-refractivity contribution in [2.75, 3.05) is 49.5 Å². The van der Waals surface area contributed by atoms with E-state index in [1.807, 2.05) is 4.90 Å². The highest BCUT2D eigenvalue weighted by Gasteiger charge is 2.45. The van der Waals surface area contributed by atoms with E-state index < -0.39 is 39.9 Å². The molecule has 2 aromatic rings. The van der Waals surface area contributed by atoms with E-state index >= 15 is 0 Å². The van der Waals surface area contributed by atoms with Crippen LogP contribution in [0, 0.1) is 0 Å². The van der Waals surface area contributed by atoms with Crippen LogP contribution in [-0.4, -0.2) is 76.6 Å². The zero-order valence-corrected chi connectivity index (χ0v) is 23.9. The van der Waals surface area contributed by atoms with E-state index in [1.165, 1.54) is 5.06 Å². The highest BCUT2D eigenvalue weighted by molar-refractivity contribution is 7.80. The Kier molecular flexibility index (Phi) is 8.64. The van der Waals surface area contributed by atoms with E-state index in [9.17, 15) is 31.1 Å². The van der Waals surface area contributed by atoms with Gasteiger partial charge in [-0.05, 0) is 42.5 Å². The normalized spacial score (nSPS) is 19.2. The van der Waals surface area contributed by atoms with Gasteiger partial charge in [0.25, 0.3) is 11.1 Å². The molecule has 5 rings (SSSR count). The predicted octanol–water partition coefficient (Wildman–Crippen LogP) is 5.36. The summed E-state index contributed by atoms with van der Waals surface area (Å²) in [5.74, 6) is 0.452. The smallest absolute Gasteiger partial charge is 0.388 e. The van der Waals surface area contributed by atoms with Crippen molar-refractivity contribution < 1.29 is 40.8 Å². The molecule has 3 aliphatic rings. The number of aromatic nitrogens is 1. The Morgan fingerprint density at radius 1 is 1.00 bits per heavy atom. The third-order valence-corrected chi connectivity index (χ3v) is 7.84. The van der Waals surface area contributed by atoms with Crippen molar-refractivity contribution in [2.45, 2.75) is 37.2 Å². The number of benzene rings is 1. The highest BCUT2D eigenvalue weighted by atomic mass is 35.5. The monoisotopic (exact) mass is 650 g/mol. The molecule has 3 aliphatic heterocycles. The molecule has 0 atom stereocenters. The van der Waals surface area contributed by atoms with Gasteiger partial charge in [0.05, 0.1) is 16.1 Å². The van der Waals surface area contributed by atoms with Crippen LogP contribution in [-0.2, 0) is 26.8 Å². The molecule has 2 saturated heterocycles. The molecule has 1 amide bonds. The van der Waals surface area contributed by atoms with Gasteiger partial charge in [0.15, 0.2) is 0 Å². The number of halogens is 7. The summed E-state index contributed by atoms with van der Waals surface area (Å²) in [5.41, 5.74) is -3.89. The molecule has 0 unspecified atom stereocenters. The number of hydrogen-bond donors (Lipinski definition) is 1. The molecule has 17 heteroatoms. The van der Waals surface area contributed by atoms with E-state index in [-0.39, 0.29) is 25.1 Å². The van der Waals surface area contributed by atoms with Crippen molar-refractivity contribution in [3.8, 4) is 0 Å². The first kappa shape index (κ1) is 31.1. The van der Waals surface area contributed by atoms with Crippen LogP contribution in [0.2, 0.25) is 5.02 Å². The number of nitrogens with one attached hydrogen (secondary N) is 1. The number of nitrogens with zero attached hydrogens (tertiary/aromatic N) is 5. The number of rotatable bonds is 4. The second-order valence-corrected chi connectivity index (χ2v) is 11.1. The number of piperidine rings is 1. The molecule has 4 heterocycles. The minimum absolute atomic E-state index is 0.0278. The average molecular weight is 651 g/mol. The Balaban J connectivity index is 1.11. The van der Waals surface area contributed by atoms with Crippen molar-refractivity contribution in [1.29, 1.82) is 0 Å². The summed E-state index contributed by atoms with van der Waals surface area (Å²) in [6.07, 6.45) is -7.25. The fourth-order valence-electron chi connectivity index (χ4n) is 5.09. The Morgan fingerprint density at radius 3 is 2.21 bits per heavy atom. The van der Waals surface area contributed by atoms with E-state index in [0.717, 1.165) is 0 Å². The minimum Gasteiger partial charge on any atom is -0.388 e. The fraction of sp³-hybridized carbons (Fsp3) is 0.462. The summed E-state index contributed by atoms with van der Waals surface area (Å²) < 4.78 is 78.9. The summed E-state index contributed by atoms with van der Waals surface area (Å²) in [7, 11) is 0. The first-order valence-corrected chi connectivity index (χ1v) is 13.9. The summed E-state index contributed by atoms with van der Waals surface area (Å²) in [4.78, 5) is 32.4. The molecule has 1 spiro atoms. The Hall–Kier alpha value is -3.37. The van der Waals surface area contributed by atoms with Gasteiger partial charge >= 0.3 is 12.4 Å². The number of pyridine rings is 1. The van der Waals surface area contributed by atoms with Gasteiger partial charge in [-0.1, -0.05) is 16.8 Å². The van der Waals surface area contributed by atoms with Gasteiger partial charge in [-0.2, -0.15) is 26.3 Å². The second kappa shape index (κ2) is 12.0. The lowest BCUT2D eigenvalue weighted by molar-refractivity contribution is -0.143. The summed E-state index contributed by atoms with van der Waals surface area (Å²) >= 11 is 11.3. The maximum absolute atomic E-state index is 13.1. The standard InChI is InChI=1S/C26H25ClF6N6O3S/c27-19-2-1-5-34-21(19)37-8-10-38(11-9-37)22(40)20-15-24(42-36-20)3-6-39(7-4-24)41-23(43)35-18-13-16(25(28,29)30)12-17(14-18)26(31,32)33/h1-2,5,12-14H,3-4,6-11,15H2,(H,35,43). The van der Waals surface area contributed by atoms with Crippen molar-refractivity contribution in [1.82, 2.24) is 14.9 Å². The number of carbonyl (C=O) groups is 1. The van der Waals surface area contributed by atoms with Crippen LogP contribution in [0.3, 0.4) is 0 Å². The summed E-state index contributed by atoms with van der Waals surface area (Å²) in [6, 6.07) is 4.57. The third-order valence-electron chi connectivity index (χ3n) is 7.37. The number of hydrogen-bond acceptors (Lipinski definition) is 8. The molecular weight excluding hydrogens is 626 g/mol. The van der Waals surface area contributed by atoms with Crippen LogP contribution in [0.15, 0.2) is 41.7 Å². The number of piperazine rings is 1. The molecule has 0 radical (unpaired) electrons. The minimum atomic E-state index is -4.99. The quantitative estimate of drug-likeness (QED) is 0.350. The van der Waals surface area contributed by atoms with Crippen LogP contribution in [0.5, 0.6) is 0 Å². The van der Waals surface area contributed by atoms with Crippen molar-refractivity contribution in [3.05, 3.63) is 52.7 Å². The van der Waals surface area contributed by atoms with Crippen LogP contribution >= 0.6 is 23.8 Å². The maximum atomic E-state index is 13.1. The molecule has 1 N–H and O–H groups in total. The molecule has 0 saturated carbocycles. The fourth-order valence-corrected chi connectivity index (χ4v) is 5.55. The Labute approximate surface area is 252 Å². The van der Waals surface area contributed by atoms with Crippen LogP contribution < -0.4 is 10.2 Å². The van der Waals surface area contributed by atoms with Crippen molar-refractivity contribution in [2.24, 2.45) is 5.16 Å². The second-order valence-electron chi connectivity index (χ2n) is 10.3. The molecule has 9 nitrogen and oxygen atoms in total. The van der Waals surface area contributed by atoms with Gasteiger partial charge in [0, 0.05) is 70.4 Å². The highest BCUT2D eigenvalue weighted by Crippen LogP contribution is 2.38. The van der Waals surface area contributed by atoms with Crippen molar-refractivity contribution >= 4 is 52.1 Å². The molecule has 1 aromatic carbocycles. The van der Waals surface area contributed by atoms with E-state index in [1.54, 1.807) is 23.2 Å². The summed E-state index contributed by atoms with van der Waals surface area (Å²) in [6.45, 7) is 2.55. The number of oxime groups is 1. The number of anilines is 2. The third kappa shape index (κ3) is 7.24. The molecule has 2 fully saturated rings. The van der Waals surface area contributed by atoms with E-state index in [4.69, 9.17) is 33.5 Å². The molecule has 0 bridgehead atoms. The topological polar surface area (TPSA) is 82.5 Å². The zero-order valence-electron chi connectivity index (χ0n) is 22.3. The number of carbonyl (C=O) groups excluding carboxylic acids is 1.